The van der Waals surface area contributed by atoms with Crippen LogP contribution in [0.3, 0.4) is 0 Å². The number of nitrogens with zero attached hydrogens (tertiary/aromatic N) is 2. The number of hydrogen-bond acceptors (Lipinski definition) is 4. The first-order valence-corrected chi connectivity index (χ1v) is 18.1. The minimum Gasteiger partial charge on any atom is -0.455 e. The van der Waals surface area contributed by atoms with Gasteiger partial charge in [0.25, 0.3) is 0 Å². The molecule has 252 valence electrons. The van der Waals surface area contributed by atoms with E-state index in [1.54, 1.807) is 0 Å². The van der Waals surface area contributed by atoms with Crippen molar-refractivity contribution >= 4 is 54.6 Å². The summed E-state index contributed by atoms with van der Waals surface area (Å²) in [7, 11) is 0. The third kappa shape index (κ3) is 5.00. The van der Waals surface area contributed by atoms with Crippen LogP contribution in [0, 0.1) is 0 Å². The maximum absolute atomic E-state index is 6.58. The van der Waals surface area contributed by atoms with E-state index in [0.29, 0.717) is 5.82 Å². The first-order valence-electron chi connectivity index (χ1n) is 18.1. The average molecular weight is 691 g/mol. The molecule has 0 radical (unpaired) electrons. The van der Waals surface area contributed by atoms with Crippen LogP contribution in [0.15, 0.2) is 191 Å². The highest BCUT2D eigenvalue weighted by molar-refractivity contribution is 6.11. The summed E-state index contributed by atoms with van der Waals surface area (Å²) in [6.07, 6.45) is 0. The molecular weight excluding hydrogens is 661 g/mol. The van der Waals surface area contributed by atoms with Gasteiger partial charge in [0.1, 0.15) is 22.3 Å². The highest BCUT2D eigenvalue weighted by atomic mass is 16.3. The standard InChI is InChI=1S/C50H30N2O2/c1-2-13-32(14-3-1)50-51-44(34-25-24-31-12-4-5-15-33(31)26-34)30-45(52-50)37-28-35(38-18-10-20-42-40-16-6-8-22-46(40)53-48(38)42)27-36(29-37)39-19-11-21-43-41-17-7-9-23-47(41)54-49(39)43/h1-30H. The number of aromatic nitrogens is 2. The molecule has 0 saturated carbocycles. The molecule has 0 saturated heterocycles. The van der Waals surface area contributed by atoms with Gasteiger partial charge in [0.15, 0.2) is 5.82 Å². The Labute approximate surface area is 310 Å². The molecule has 11 aromatic rings. The third-order valence-electron chi connectivity index (χ3n) is 10.5. The fourth-order valence-electron chi connectivity index (χ4n) is 7.84. The summed E-state index contributed by atoms with van der Waals surface area (Å²) >= 11 is 0. The van der Waals surface area contributed by atoms with E-state index in [9.17, 15) is 0 Å². The summed E-state index contributed by atoms with van der Waals surface area (Å²) in [6.45, 7) is 0. The largest absolute Gasteiger partial charge is 0.455 e. The smallest absolute Gasteiger partial charge is 0.160 e. The van der Waals surface area contributed by atoms with Crippen LogP contribution in [0.1, 0.15) is 0 Å². The molecule has 0 bridgehead atoms. The van der Waals surface area contributed by atoms with Gasteiger partial charge in [-0.3, -0.25) is 0 Å². The quantitative estimate of drug-likeness (QED) is 0.180. The second-order valence-electron chi connectivity index (χ2n) is 13.7. The SMILES string of the molecule is c1ccc(-c2nc(-c3cc(-c4cccc5c4oc4ccccc45)cc(-c4cccc5c4oc4ccccc45)c3)cc(-c3ccc4ccccc4c3)n2)cc1. The van der Waals surface area contributed by atoms with E-state index in [4.69, 9.17) is 18.8 Å². The van der Waals surface area contributed by atoms with E-state index >= 15 is 0 Å². The van der Waals surface area contributed by atoms with Gasteiger partial charge in [-0.05, 0) is 64.4 Å². The van der Waals surface area contributed by atoms with Crippen LogP contribution in [0.25, 0.3) is 111 Å². The van der Waals surface area contributed by atoms with Gasteiger partial charge >= 0.3 is 0 Å². The Hall–Kier alpha value is -7.30. The summed E-state index contributed by atoms with van der Waals surface area (Å²) in [5.41, 5.74) is 12.1. The minimum atomic E-state index is 0.669. The zero-order chi connectivity index (χ0) is 35.6. The fraction of sp³-hybridized carbons (Fsp3) is 0. The summed E-state index contributed by atoms with van der Waals surface area (Å²) in [5.74, 6) is 0.669. The lowest BCUT2D eigenvalue weighted by Crippen LogP contribution is -1.96. The van der Waals surface area contributed by atoms with E-state index in [1.807, 2.05) is 42.5 Å². The lowest BCUT2D eigenvalue weighted by molar-refractivity contribution is 0.670. The topological polar surface area (TPSA) is 52.1 Å². The molecule has 0 atom stereocenters. The number of fused-ring (bicyclic) bond motifs is 7. The van der Waals surface area contributed by atoms with Gasteiger partial charge in [-0.1, -0.05) is 140 Å². The van der Waals surface area contributed by atoms with Gasteiger partial charge in [-0.25, -0.2) is 9.97 Å². The Morgan fingerprint density at radius 1 is 0.315 bits per heavy atom. The van der Waals surface area contributed by atoms with Crippen LogP contribution in [0.5, 0.6) is 0 Å². The van der Waals surface area contributed by atoms with Gasteiger partial charge < -0.3 is 8.83 Å². The van der Waals surface area contributed by atoms with E-state index < -0.39 is 0 Å². The molecule has 0 unspecified atom stereocenters. The van der Waals surface area contributed by atoms with E-state index in [-0.39, 0.29) is 0 Å². The predicted octanol–water partition coefficient (Wildman–Crippen LogP) is 13.8. The zero-order valence-corrected chi connectivity index (χ0v) is 29.0. The monoisotopic (exact) mass is 690 g/mol. The number of rotatable bonds is 5. The predicted molar refractivity (Wildman–Crippen MR) is 221 cm³/mol. The Morgan fingerprint density at radius 3 is 1.48 bits per heavy atom. The summed E-state index contributed by atoms with van der Waals surface area (Å²) in [5, 5.41) is 6.72. The Balaban J connectivity index is 1.19. The first kappa shape index (κ1) is 30.3. The van der Waals surface area contributed by atoms with Crippen LogP contribution < -0.4 is 0 Å². The maximum Gasteiger partial charge on any atom is 0.160 e. The van der Waals surface area contributed by atoms with Crippen molar-refractivity contribution in [3.8, 4) is 56.2 Å². The van der Waals surface area contributed by atoms with Crippen molar-refractivity contribution in [1.82, 2.24) is 9.97 Å². The normalized spacial score (nSPS) is 11.7. The molecule has 8 aromatic carbocycles. The van der Waals surface area contributed by atoms with Crippen LogP contribution in [-0.2, 0) is 0 Å². The van der Waals surface area contributed by atoms with Gasteiger partial charge in [0.2, 0.25) is 0 Å². The maximum atomic E-state index is 6.58. The molecule has 3 aromatic heterocycles. The number of benzene rings is 8. The molecule has 11 rings (SSSR count). The number of furan rings is 2. The lowest BCUT2D eigenvalue weighted by Gasteiger charge is -2.14. The summed E-state index contributed by atoms with van der Waals surface area (Å²) in [4.78, 5) is 10.4. The van der Waals surface area contributed by atoms with E-state index in [2.05, 4.69) is 140 Å². The van der Waals surface area contributed by atoms with Crippen LogP contribution in [0.4, 0.5) is 0 Å². The van der Waals surface area contributed by atoms with Gasteiger partial charge in [0.05, 0.1) is 11.4 Å². The minimum absolute atomic E-state index is 0.669. The van der Waals surface area contributed by atoms with E-state index in [0.717, 1.165) is 94.2 Å². The van der Waals surface area contributed by atoms with Gasteiger partial charge in [-0.2, -0.15) is 0 Å². The summed E-state index contributed by atoms with van der Waals surface area (Å²) in [6, 6.07) is 63.2. The molecule has 0 aliphatic carbocycles. The van der Waals surface area contributed by atoms with Crippen LogP contribution in [-0.4, -0.2) is 9.97 Å². The molecule has 0 amide bonds. The van der Waals surface area contributed by atoms with Crippen molar-refractivity contribution in [2.75, 3.05) is 0 Å². The molecule has 4 nitrogen and oxygen atoms in total. The molecular formula is C50H30N2O2. The molecule has 4 heteroatoms. The fourth-order valence-corrected chi connectivity index (χ4v) is 7.84. The molecule has 0 aliphatic heterocycles. The van der Waals surface area contributed by atoms with Crippen molar-refractivity contribution in [1.29, 1.82) is 0 Å². The zero-order valence-electron chi connectivity index (χ0n) is 29.0. The van der Waals surface area contributed by atoms with Crippen molar-refractivity contribution in [3.63, 3.8) is 0 Å². The number of hydrogen-bond donors (Lipinski definition) is 0. The molecule has 3 heterocycles. The molecule has 0 spiro atoms. The Bertz CT molecular complexity index is 3100. The highest BCUT2D eigenvalue weighted by Crippen LogP contribution is 2.42. The van der Waals surface area contributed by atoms with Crippen molar-refractivity contribution in [2.45, 2.75) is 0 Å². The van der Waals surface area contributed by atoms with Gasteiger partial charge in [-0.15, -0.1) is 0 Å². The second-order valence-corrected chi connectivity index (χ2v) is 13.7. The van der Waals surface area contributed by atoms with E-state index in [1.165, 1.54) is 10.8 Å². The third-order valence-corrected chi connectivity index (χ3v) is 10.5. The molecule has 0 aliphatic rings. The van der Waals surface area contributed by atoms with Crippen LogP contribution in [0.2, 0.25) is 0 Å². The first-order chi connectivity index (χ1) is 26.7. The Morgan fingerprint density at radius 2 is 0.833 bits per heavy atom. The molecule has 0 N–H and O–H groups in total. The average Bonchev–Trinajstić information content (AvgIpc) is 3.82. The summed E-state index contributed by atoms with van der Waals surface area (Å²) < 4.78 is 13.2. The van der Waals surface area contributed by atoms with Crippen LogP contribution >= 0.6 is 0 Å². The van der Waals surface area contributed by atoms with Crippen molar-refractivity contribution < 1.29 is 8.83 Å². The van der Waals surface area contributed by atoms with Crippen molar-refractivity contribution in [3.05, 3.63) is 182 Å². The van der Waals surface area contributed by atoms with Gasteiger partial charge in [0, 0.05) is 49.4 Å². The lowest BCUT2D eigenvalue weighted by atomic mass is 9.93. The number of para-hydroxylation sites is 4. The Kier molecular flexibility index (Phi) is 6.82. The highest BCUT2D eigenvalue weighted by Gasteiger charge is 2.19. The molecule has 0 fully saturated rings. The second kappa shape index (κ2) is 12.1. The molecule has 54 heavy (non-hydrogen) atoms. The van der Waals surface area contributed by atoms with Crippen molar-refractivity contribution in [2.24, 2.45) is 0 Å².